The van der Waals surface area contributed by atoms with E-state index in [1.54, 1.807) is 13.8 Å². The lowest BCUT2D eigenvalue weighted by Crippen LogP contribution is -2.47. The van der Waals surface area contributed by atoms with Crippen molar-refractivity contribution in [3.05, 3.63) is 18.3 Å². The van der Waals surface area contributed by atoms with Gasteiger partial charge in [0.15, 0.2) is 0 Å². The summed E-state index contributed by atoms with van der Waals surface area (Å²) in [5.74, 6) is -0.898. The van der Waals surface area contributed by atoms with Gasteiger partial charge in [0.2, 0.25) is 15.9 Å². The maximum Gasteiger partial charge on any atom is 0.241 e. The van der Waals surface area contributed by atoms with Gasteiger partial charge in [-0.05, 0) is 12.0 Å². The van der Waals surface area contributed by atoms with E-state index in [0.717, 1.165) is 0 Å². The van der Waals surface area contributed by atoms with Crippen LogP contribution in [0.15, 0.2) is 23.2 Å². The van der Waals surface area contributed by atoms with Crippen molar-refractivity contribution in [2.24, 2.45) is 11.7 Å². The van der Waals surface area contributed by atoms with Gasteiger partial charge in [-0.2, -0.15) is 4.72 Å². The van der Waals surface area contributed by atoms with Crippen molar-refractivity contribution in [2.45, 2.75) is 24.8 Å². The molecule has 5 N–H and O–H groups in total. The average Bonchev–Trinajstić information content (AvgIpc) is 2.25. The van der Waals surface area contributed by atoms with Gasteiger partial charge in [0.05, 0.1) is 4.90 Å². The Morgan fingerprint density at radius 1 is 1.44 bits per heavy atom. The Morgan fingerprint density at radius 2 is 2.06 bits per heavy atom. The number of aromatic nitrogens is 1. The molecule has 7 nitrogen and oxygen atoms in total. The number of nitrogens with one attached hydrogen (secondary N) is 1. The smallest absolute Gasteiger partial charge is 0.241 e. The van der Waals surface area contributed by atoms with Gasteiger partial charge >= 0.3 is 0 Å². The van der Waals surface area contributed by atoms with Gasteiger partial charge in [0.25, 0.3) is 0 Å². The number of nitrogen functional groups attached to an aromatic ring is 1. The fourth-order valence-corrected chi connectivity index (χ4v) is 2.73. The summed E-state index contributed by atoms with van der Waals surface area (Å²) < 4.78 is 26.3. The van der Waals surface area contributed by atoms with Crippen LogP contribution in [0.5, 0.6) is 0 Å². The number of amides is 1. The fourth-order valence-electron chi connectivity index (χ4n) is 1.35. The normalized spacial score (nSPS) is 13.5. The second-order valence-corrected chi connectivity index (χ2v) is 5.88. The molecule has 0 saturated carbocycles. The van der Waals surface area contributed by atoms with E-state index in [-0.39, 0.29) is 16.6 Å². The van der Waals surface area contributed by atoms with Crippen molar-refractivity contribution in [2.75, 3.05) is 5.73 Å². The number of nitrogens with two attached hydrogens (primary N) is 2. The number of rotatable bonds is 5. The summed E-state index contributed by atoms with van der Waals surface area (Å²) in [6.45, 7) is 3.39. The lowest BCUT2D eigenvalue weighted by molar-refractivity contribution is -0.120. The molecule has 8 heteroatoms. The molecule has 0 bridgehead atoms. The zero-order valence-corrected chi connectivity index (χ0v) is 10.9. The number of anilines is 1. The van der Waals surface area contributed by atoms with Crippen LogP contribution in [0, 0.1) is 5.92 Å². The second-order valence-electron chi connectivity index (χ2n) is 4.16. The summed E-state index contributed by atoms with van der Waals surface area (Å²) in [7, 11) is -3.84. The van der Waals surface area contributed by atoms with Crippen LogP contribution in [-0.4, -0.2) is 25.4 Å². The summed E-state index contributed by atoms with van der Waals surface area (Å²) in [5.41, 5.74) is 10.6. The molecule has 1 unspecified atom stereocenters. The Morgan fingerprint density at radius 3 is 2.50 bits per heavy atom. The number of carbonyl (C=O) groups is 1. The lowest BCUT2D eigenvalue weighted by atomic mass is 10.1. The van der Waals surface area contributed by atoms with Gasteiger partial charge in [-0.25, -0.2) is 13.4 Å². The Bertz CT molecular complexity index is 542. The minimum absolute atomic E-state index is 0.0538. The molecule has 1 atom stereocenters. The molecule has 100 valence electrons. The molecule has 0 saturated heterocycles. The number of sulfonamides is 1. The molecule has 0 aromatic carbocycles. The molecule has 0 radical (unpaired) electrons. The Hall–Kier alpha value is -1.67. The summed E-state index contributed by atoms with van der Waals surface area (Å²) in [6.07, 6.45) is 1.28. The fraction of sp³-hybridized carbons (Fsp3) is 0.400. The van der Waals surface area contributed by atoms with Gasteiger partial charge < -0.3 is 11.5 Å². The lowest BCUT2D eigenvalue weighted by Gasteiger charge is -2.18. The molecule has 0 aliphatic rings. The van der Waals surface area contributed by atoms with E-state index >= 15 is 0 Å². The third-order valence-electron chi connectivity index (χ3n) is 2.32. The quantitative estimate of drug-likeness (QED) is 0.662. The molecule has 0 fully saturated rings. The van der Waals surface area contributed by atoms with Crippen molar-refractivity contribution >= 4 is 21.7 Å². The summed E-state index contributed by atoms with van der Waals surface area (Å²) in [5, 5.41) is 0. The van der Waals surface area contributed by atoms with Crippen molar-refractivity contribution in [3.8, 4) is 0 Å². The van der Waals surface area contributed by atoms with Crippen molar-refractivity contribution in [1.82, 2.24) is 9.71 Å². The second kappa shape index (κ2) is 5.32. The molecule has 0 aliphatic heterocycles. The molecule has 1 heterocycles. The standard InChI is InChI=1S/C10H16N4O3S/c1-6(2)9(10(12)15)14-18(16,17)7-3-4-13-8(11)5-7/h3-6,9,14H,1-2H3,(H2,11,13)(H2,12,15). The van der Waals surface area contributed by atoms with Crippen LogP contribution >= 0.6 is 0 Å². The van der Waals surface area contributed by atoms with Gasteiger partial charge in [0.1, 0.15) is 11.9 Å². The van der Waals surface area contributed by atoms with E-state index in [2.05, 4.69) is 9.71 Å². The van der Waals surface area contributed by atoms with Crippen LogP contribution in [0.25, 0.3) is 0 Å². The number of primary amides is 1. The molecular formula is C10H16N4O3S. The SMILES string of the molecule is CC(C)C(NS(=O)(=O)c1ccnc(N)c1)C(N)=O. The van der Waals surface area contributed by atoms with Crippen LogP contribution in [-0.2, 0) is 14.8 Å². The van der Waals surface area contributed by atoms with Gasteiger partial charge in [-0.15, -0.1) is 0 Å². The van der Waals surface area contributed by atoms with E-state index in [4.69, 9.17) is 11.5 Å². The monoisotopic (exact) mass is 272 g/mol. The number of hydrogen-bond donors (Lipinski definition) is 3. The number of pyridine rings is 1. The third-order valence-corrected chi connectivity index (χ3v) is 3.76. The zero-order chi connectivity index (χ0) is 13.9. The maximum absolute atomic E-state index is 12.0. The van der Waals surface area contributed by atoms with Crippen LogP contribution in [0.2, 0.25) is 0 Å². The van der Waals surface area contributed by atoms with Crippen molar-refractivity contribution in [3.63, 3.8) is 0 Å². The Balaban J connectivity index is 3.05. The molecule has 1 aromatic rings. The minimum Gasteiger partial charge on any atom is -0.384 e. The molecule has 1 amide bonds. The summed E-state index contributed by atoms with van der Waals surface area (Å²) in [6, 6.07) is 1.53. The predicted molar refractivity (Wildman–Crippen MR) is 66.8 cm³/mol. The molecule has 1 rings (SSSR count). The van der Waals surface area contributed by atoms with Crippen LogP contribution < -0.4 is 16.2 Å². The highest BCUT2D eigenvalue weighted by molar-refractivity contribution is 7.89. The van der Waals surface area contributed by atoms with Crippen LogP contribution in [0.4, 0.5) is 5.82 Å². The number of nitrogens with zero attached hydrogens (tertiary/aromatic N) is 1. The van der Waals surface area contributed by atoms with Gasteiger partial charge in [-0.3, -0.25) is 4.79 Å². The highest BCUT2D eigenvalue weighted by Crippen LogP contribution is 2.12. The highest BCUT2D eigenvalue weighted by Gasteiger charge is 2.26. The van der Waals surface area contributed by atoms with Crippen LogP contribution in [0.3, 0.4) is 0 Å². The number of carbonyl (C=O) groups excluding carboxylic acids is 1. The molecular weight excluding hydrogens is 256 g/mol. The van der Waals surface area contributed by atoms with Crippen molar-refractivity contribution < 1.29 is 13.2 Å². The zero-order valence-electron chi connectivity index (χ0n) is 10.1. The number of hydrogen-bond acceptors (Lipinski definition) is 5. The van der Waals surface area contributed by atoms with Gasteiger partial charge in [-0.1, -0.05) is 13.8 Å². The summed E-state index contributed by atoms with van der Waals surface area (Å²) >= 11 is 0. The Labute approximate surface area is 106 Å². The topological polar surface area (TPSA) is 128 Å². The predicted octanol–water partition coefficient (Wildman–Crippen LogP) is -0.548. The van der Waals surface area contributed by atoms with Gasteiger partial charge in [0, 0.05) is 12.3 Å². The highest BCUT2D eigenvalue weighted by atomic mass is 32.2. The van der Waals surface area contributed by atoms with E-state index in [1.807, 2.05) is 0 Å². The third kappa shape index (κ3) is 3.41. The molecule has 0 aliphatic carbocycles. The first-order chi connectivity index (χ1) is 8.24. The van der Waals surface area contributed by atoms with Crippen LogP contribution in [0.1, 0.15) is 13.8 Å². The first-order valence-electron chi connectivity index (χ1n) is 5.27. The molecule has 1 aromatic heterocycles. The van der Waals surface area contributed by atoms with E-state index in [0.29, 0.717) is 0 Å². The first-order valence-corrected chi connectivity index (χ1v) is 6.75. The summed E-state index contributed by atoms with van der Waals surface area (Å²) in [4.78, 5) is 14.8. The molecule has 18 heavy (non-hydrogen) atoms. The minimum atomic E-state index is -3.84. The Kier molecular flexibility index (Phi) is 4.25. The van der Waals surface area contributed by atoms with E-state index < -0.39 is 22.0 Å². The van der Waals surface area contributed by atoms with E-state index in [9.17, 15) is 13.2 Å². The molecule has 0 spiro atoms. The maximum atomic E-state index is 12.0. The largest absolute Gasteiger partial charge is 0.384 e. The average molecular weight is 272 g/mol. The van der Waals surface area contributed by atoms with E-state index in [1.165, 1.54) is 18.3 Å². The first kappa shape index (κ1) is 14.4. The van der Waals surface area contributed by atoms with Crippen molar-refractivity contribution in [1.29, 1.82) is 0 Å².